The molecule has 4 N–H and O–H groups in total. The van der Waals surface area contributed by atoms with Crippen LogP contribution >= 0.6 is 0 Å². The molecule has 1 fully saturated rings. The molecule has 1 aromatic carbocycles. The Labute approximate surface area is 173 Å². The molecule has 0 aliphatic carbocycles. The molecule has 7 nitrogen and oxygen atoms in total. The number of primary amides is 1. The Bertz CT molecular complexity index is 707. The van der Waals surface area contributed by atoms with Gasteiger partial charge in [-0.25, -0.2) is 0 Å². The number of benzene rings is 1. The van der Waals surface area contributed by atoms with Crippen molar-refractivity contribution in [3.8, 4) is 11.5 Å². The second-order valence-corrected chi connectivity index (χ2v) is 7.19. The molecular formula is C20H28F3N3O4. The fourth-order valence-electron chi connectivity index (χ4n) is 3.06. The first-order chi connectivity index (χ1) is 14.2. The number of alkyl halides is 3. The van der Waals surface area contributed by atoms with Crippen LogP contribution in [0.25, 0.3) is 0 Å². The zero-order valence-corrected chi connectivity index (χ0v) is 16.7. The smallest absolute Gasteiger partial charge is 0.422 e. The second kappa shape index (κ2) is 11.6. The molecule has 1 aliphatic rings. The summed E-state index contributed by atoms with van der Waals surface area (Å²) in [5.74, 6) is -0.693. The Morgan fingerprint density at radius 3 is 2.67 bits per heavy atom. The number of halogens is 3. The third-order valence-electron chi connectivity index (χ3n) is 4.59. The first kappa shape index (κ1) is 23.8. The molecule has 2 rings (SSSR count). The summed E-state index contributed by atoms with van der Waals surface area (Å²) in [4.78, 5) is 23.5. The van der Waals surface area contributed by atoms with Crippen molar-refractivity contribution in [2.24, 2.45) is 5.73 Å². The maximum absolute atomic E-state index is 12.7. The van der Waals surface area contributed by atoms with Gasteiger partial charge in [0.15, 0.2) is 6.61 Å². The molecule has 10 heteroatoms. The summed E-state index contributed by atoms with van der Waals surface area (Å²) >= 11 is 0. The van der Waals surface area contributed by atoms with E-state index < -0.39 is 24.6 Å². The van der Waals surface area contributed by atoms with Gasteiger partial charge in [-0.05, 0) is 50.4 Å². The third-order valence-corrected chi connectivity index (χ3v) is 4.59. The van der Waals surface area contributed by atoms with Crippen molar-refractivity contribution < 1.29 is 32.2 Å². The largest absolute Gasteiger partial charge is 0.493 e. The minimum absolute atomic E-state index is 0.0747. The molecule has 1 saturated heterocycles. The standard InChI is InChI=1S/C20H28F3N3O4/c21-20(22,23)13-30-15-7-8-17(29-10-4-2-6-18(24)27)16(11-15)19(28)26-12-14-5-1-3-9-25-14/h7-8,11,14,25H,1-6,9-10,12-13H2,(H2,24,27)(H,26,28). The molecule has 0 radical (unpaired) electrons. The fraction of sp³-hybridized carbons (Fsp3) is 0.600. The van der Waals surface area contributed by atoms with E-state index in [4.69, 9.17) is 15.2 Å². The normalized spacial score (nSPS) is 16.7. The van der Waals surface area contributed by atoms with Crippen molar-refractivity contribution in [1.82, 2.24) is 10.6 Å². The second-order valence-electron chi connectivity index (χ2n) is 7.19. The molecule has 30 heavy (non-hydrogen) atoms. The van der Waals surface area contributed by atoms with Gasteiger partial charge >= 0.3 is 6.18 Å². The first-order valence-electron chi connectivity index (χ1n) is 10.0. The van der Waals surface area contributed by atoms with Gasteiger partial charge in [0.25, 0.3) is 5.91 Å². The van der Waals surface area contributed by atoms with Crippen LogP contribution in [0.2, 0.25) is 0 Å². The molecule has 0 aromatic heterocycles. The number of carbonyl (C=O) groups excluding carboxylic acids is 2. The van der Waals surface area contributed by atoms with E-state index >= 15 is 0 Å². The average molecular weight is 431 g/mol. The highest BCUT2D eigenvalue weighted by Gasteiger charge is 2.28. The third kappa shape index (κ3) is 8.89. The maximum Gasteiger partial charge on any atom is 0.422 e. The highest BCUT2D eigenvalue weighted by atomic mass is 19.4. The topological polar surface area (TPSA) is 103 Å². The summed E-state index contributed by atoms with van der Waals surface area (Å²) in [5.41, 5.74) is 5.19. The summed E-state index contributed by atoms with van der Waals surface area (Å²) in [5, 5.41) is 6.12. The fourth-order valence-corrected chi connectivity index (χ4v) is 3.06. The first-order valence-corrected chi connectivity index (χ1v) is 10.0. The molecule has 0 spiro atoms. The van der Waals surface area contributed by atoms with Crippen LogP contribution in [0.3, 0.4) is 0 Å². The lowest BCUT2D eigenvalue weighted by Gasteiger charge is -2.24. The van der Waals surface area contributed by atoms with Gasteiger partial charge in [0.1, 0.15) is 11.5 Å². The van der Waals surface area contributed by atoms with Crippen molar-refractivity contribution in [3.63, 3.8) is 0 Å². The van der Waals surface area contributed by atoms with Crippen LogP contribution in [0, 0.1) is 0 Å². The zero-order chi connectivity index (χ0) is 22.0. The van der Waals surface area contributed by atoms with Crippen LogP contribution in [0.5, 0.6) is 11.5 Å². The minimum Gasteiger partial charge on any atom is -0.493 e. The Balaban J connectivity index is 2.01. The highest BCUT2D eigenvalue weighted by molar-refractivity contribution is 5.97. The lowest BCUT2D eigenvalue weighted by Crippen LogP contribution is -2.43. The monoisotopic (exact) mass is 431 g/mol. The number of carbonyl (C=O) groups is 2. The predicted molar refractivity (Wildman–Crippen MR) is 105 cm³/mol. The number of nitrogens with two attached hydrogens (primary N) is 1. The number of unbranched alkanes of at least 4 members (excludes halogenated alkanes) is 1. The van der Waals surface area contributed by atoms with Gasteiger partial charge in [0, 0.05) is 19.0 Å². The van der Waals surface area contributed by atoms with Gasteiger partial charge in [-0.1, -0.05) is 6.42 Å². The molecule has 0 bridgehead atoms. The van der Waals surface area contributed by atoms with Crippen LogP contribution in [0.1, 0.15) is 48.9 Å². The van der Waals surface area contributed by atoms with Crippen LogP contribution in [0.4, 0.5) is 13.2 Å². The Morgan fingerprint density at radius 1 is 1.20 bits per heavy atom. The van der Waals surface area contributed by atoms with Gasteiger partial charge < -0.3 is 25.8 Å². The Kier molecular flexibility index (Phi) is 9.22. The molecular weight excluding hydrogens is 403 g/mol. The summed E-state index contributed by atoms with van der Waals surface area (Å²) in [6.07, 6.45) is -0.0533. The number of hydrogen-bond acceptors (Lipinski definition) is 5. The molecule has 0 saturated carbocycles. The van der Waals surface area contributed by atoms with Crippen LogP contribution < -0.4 is 25.8 Å². The molecule has 1 heterocycles. The lowest BCUT2D eigenvalue weighted by molar-refractivity contribution is -0.153. The summed E-state index contributed by atoms with van der Waals surface area (Å²) in [7, 11) is 0. The van der Waals surface area contributed by atoms with Crippen molar-refractivity contribution >= 4 is 11.8 Å². The van der Waals surface area contributed by atoms with Crippen LogP contribution in [-0.4, -0.2) is 50.3 Å². The number of ether oxygens (including phenoxy) is 2. The zero-order valence-electron chi connectivity index (χ0n) is 16.7. The molecule has 1 aliphatic heterocycles. The van der Waals surface area contributed by atoms with Gasteiger partial charge in [0.05, 0.1) is 12.2 Å². The number of nitrogens with one attached hydrogen (secondary N) is 2. The number of piperidine rings is 1. The summed E-state index contributed by atoms with van der Waals surface area (Å²) < 4.78 is 47.7. The number of amides is 2. The van der Waals surface area contributed by atoms with Crippen molar-refractivity contribution in [3.05, 3.63) is 23.8 Å². The van der Waals surface area contributed by atoms with E-state index in [1.54, 1.807) is 0 Å². The van der Waals surface area contributed by atoms with Gasteiger partial charge in [0.2, 0.25) is 5.91 Å². The quantitative estimate of drug-likeness (QED) is 0.468. The molecule has 1 atom stereocenters. The van der Waals surface area contributed by atoms with E-state index in [-0.39, 0.29) is 36.1 Å². The molecule has 168 valence electrons. The van der Waals surface area contributed by atoms with Crippen molar-refractivity contribution in [2.75, 3.05) is 26.3 Å². The van der Waals surface area contributed by atoms with Crippen molar-refractivity contribution in [1.29, 1.82) is 0 Å². The van der Waals surface area contributed by atoms with Gasteiger partial charge in [-0.3, -0.25) is 9.59 Å². The van der Waals surface area contributed by atoms with Gasteiger partial charge in [-0.15, -0.1) is 0 Å². The number of hydrogen-bond donors (Lipinski definition) is 3. The lowest BCUT2D eigenvalue weighted by atomic mass is 10.0. The minimum atomic E-state index is -4.48. The van der Waals surface area contributed by atoms with Gasteiger partial charge in [-0.2, -0.15) is 13.2 Å². The summed E-state index contributed by atoms with van der Waals surface area (Å²) in [6, 6.07) is 4.14. The van der Waals surface area contributed by atoms with Crippen LogP contribution in [-0.2, 0) is 4.79 Å². The van der Waals surface area contributed by atoms with E-state index in [0.29, 0.717) is 19.4 Å². The van der Waals surface area contributed by atoms with Crippen molar-refractivity contribution in [2.45, 2.75) is 50.7 Å². The van der Waals surface area contributed by atoms with E-state index in [1.807, 2.05) is 0 Å². The molecule has 2 amide bonds. The van der Waals surface area contributed by atoms with E-state index in [0.717, 1.165) is 25.8 Å². The van der Waals surface area contributed by atoms with E-state index in [1.165, 1.54) is 18.2 Å². The Morgan fingerprint density at radius 2 is 2.00 bits per heavy atom. The van der Waals surface area contributed by atoms with Crippen LogP contribution in [0.15, 0.2) is 18.2 Å². The maximum atomic E-state index is 12.7. The predicted octanol–water partition coefficient (Wildman–Crippen LogP) is 2.53. The Hall–Kier alpha value is -2.49. The van der Waals surface area contributed by atoms with E-state index in [9.17, 15) is 22.8 Å². The average Bonchev–Trinajstić information content (AvgIpc) is 2.70. The van der Waals surface area contributed by atoms with E-state index in [2.05, 4.69) is 10.6 Å². The molecule has 1 unspecified atom stereocenters. The number of rotatable bonds is 11. The SMILES string of the molecule is NC(=O)CCCCOc1ccc(OCC(F)(F)F)cc1C(=O)NCC1CCCCN1. The molecule has 1 aromatic rings. The summed E-state index contributed by atoms with van der Waals surface area (Å²) in [6.45, 7) is 0.0827. The highest BCUT2D eigenvalue weighted by Crippen LogP contribution is 2.26.